The topological polar surface area (TPSA) is 0 Å². The molecule has 1 heteroatoms. The molecule has 2 rings (SSSR count). The van der Waals surface area contributed by atoms with E-state index in [9.17, 15) is 0 Å². The lowest BCUT2D eigenvalue weighted by molar-refractivity contribution is 0.603. The van der Waals surface area contributed by atoms with Gasteiger partial charge < -0.3 is 0 Å². The minimum Gasteiger partial charge on any atom is -0.0654 e. The zero-order valence-electron chi connectivity index (χ0n) is 12.6. The average molecular weight is 275 g/mol. The van der Waals surface area contributed by atoms with Crippen molar-refractivity contribution >= 4 is 18.6 Å². The van der Waals surface area contributed by atoms with E-state index in [1.54, 1.807) is 5.30 Å². The van der Waals surface area contributed by atoms with Crippen LogP contribution in [0.25, 0.3) is 6.08 Å². The van der Waals surface area contributed by atoms with Crippen molar-refractivity contribution in [3.05, 3.63) is 35.6 Å². The Labute approximate surface area is 119 Å². The summed E-state index contributed by atoms with van der Waals surface area (Å²) in [6.45, 7) is 4.79. The second kappa shape index (κ2) is 7.25. The van der Waals surface area contributed by atoms with Gasteiger partial charge in [0.1, 0.15) is 5.30 Å². The lowest BCUT2D eigenvalue weighted by Gasteiger charge is -2.16. The van der Waals surface area contributed by atoms with E-state index in [2.05, 4.69) is 49.7 Å². The molecule has 0 bridgehead atoms. The van der Waals surface area contributed by atoms with Crippen molar-refractivity contribution in [3.8, 4) is 0 Å². The molecule has 0 nitrogen and oxygen atoms in total. The molecule has 0 aliphatic carbocycles. The molecule has 0 N–H and O–H groups in total. The van der Waals surface area contributed by atoms with Crippen LogP contribution in [0.4, 0.5) is 0 Å². The van der Waals surface area contributed by atoms with E-state index in [0.717, 1.165) is 0 Å². The fourth-order valence-electron chi connectivity index (χ4n) is 3.01. The Morgan fingerprint density at radius 2 is 1.58 bits per heavy atom. The molecule has 0 saturated heterocycles. The minimum absolute atomic E-state index is 0.952. The second-order valence-electron chi connectivity index (χ2n) is 5.99. The van der Waals surface area contributed by atoms with E-state index in [0.29, 0.717) is 0 Å². The zero-order valence-corrected chi connectivity index (χ0v) is 13.5. The summed E-state index contributed by atoms with van der Waals surface area (Å²) in [5, 5.41) is 1.64. The third-order valence-electron chi connectivity index (χ3n) is 4.30. The molecule has 19 heavy (non-hydrogen) atoms. The maximum atomic E-state index is 2.52. The van der Waals surface area contributed by atoms with Gasteiger partial charge in [-0.2, -0.15) is 0 Å². The first-order valence-corrected chi connectivity index (χ1v) is 10.4. The van der Waals surface area contributed by atoms with Crippen LogP contribution in [0.2, 0.25) is 0 Å². The van der Waals surface area contributed by atoms with Gasteiger partial charge in [0.15, 0.2) is 0 Å². The molecule has 1 heterocycles. The molecular formula is C18H28P+. The summed E-state index contributed by atoms with van der Waals surface area (Å²) in [5.74, 6) is 2.52. The Morgan fingerprint density at radius 1 is 0.895 bits per heavy atom. The molecule has 1 aromatic carbocycles. The number of hydrogen-bond acceptors (Lipinski definition) is 0. The van der Waals surface area contributed by atoms with E-state index in [1.807, 2.05) is 0 Å². The predicted octanol–water partition coefficient (Wildman–Crippen LogP) is 5.69. The average Bonchev–Trinajstić information content (AvgIpc) is 2.77. The third kappa shape index (κ3) is 3.93. The summed E-state index contributed by atoms with van der Waals surface area (Å²) in [7, 11) is -0.952. The Bertz CT molecular complexity index is 421. The molecule has 1 aliphatic heterocycles. The molecule has 0 aromatic heterocycles. The second-order valence-corrected chi connectivity index (χ2v) is 9.75. The summed E-state index contributed by atoms with van der Waals surface area (Å²) in [4.78, 5) is 0. The van der Waals surface area contributed by atoms with Gasteiger partial charge in [-0.1, -0.05) is 57.2 Å². The standard InChI is InChI=1S/C18H28P/c1-3-4-5-6-7-8-11-15-19(2)16-14-17-12-9-10-13-18(17)19/h9-10,12-14,16H,3-8,11,15H2,1-2H3/q+1. The summed E-state index contributed by atoms with van der Waals surface area (Å²) in [5.41, 5.74) is 1.47. The smallest absolute Gasteiger partial charge is 0.0654 e. The first-order valence-electron chi connectivity index (χ1n) is 7.90. The van der Waals surface area contributed by atoms with E-state index < -0.39 is 7.26 Å². The van der Waals surface area contributed by atoms with Gasteiger partial charge >= 0.3 is 0 Å². The molecule has 1 aliphatic rings. The van der Waals surface area contributed by atoms with Crippen molar-refractivity contribution in [1.29, 1.82) is 0 Å². The maximum absolute atomic E-state index is 2.52. The quantitative estimate of drug-likeness (QED) is 0.422. The van der Waals surface area contributed by atoms with Crippen LogP contribution in [0.15, 0.2) is 30.1 Å². The summed E-state index contributed by atoms with van der Waals surface area (Å²) in [6.07, 6.45) is 13.7. The van der Waals surface area contributed by atoms with Crippen molar-refractivity contribution in [2.45, 2.75) is 51.9 Å². The van der Waals surface area contributed by atoms with E-state index in [4.69, 9.17) is 0 Å². The lowest BCUT2D eigenvalue weighted by atomic mass is 10.1. The highest BCUT2D eigenvalue weighted by atomic mass is 31.2. The first kappa shape index (κ1) is 14.8. The van der Waals surface area contributed by atoms with Gasteiger partial charge in [-0.3, -0.25) is 0 Å². The van der Waals surface area contributed by atoms with Crippen LogP contribution in [0, 0.1) is 0 Å². The van der Waals surface area contributed by atoms with E-state index in [-0.39, 0.29) is 0 Å². The normalized spacial score (nSPS) is 20.7. The monoisotopic (exact) mass is 275 g/mol. The zero-order chi connectivity index (χ0) is 13.6. The van der Waals surface area contributed by atoms with Crippen molar-refractivity contribution in [2.75, 3.05) is 12.8 Å². The molecule has 1 unspecified atom stereocenters. The number of rotatable bonds is 8. The number of fused-ring (bicyclic) bond motifs is 1. The molecule has 0 spiro atoms. The van der Waals surface area contributed by atoms with Gasteiger partial charge in [-0.15, -0.1) is 0 Å². The number of unbranched alkanes of at least 4 members (excludes halogenated alkanes) is 6. The fourth-order valence-corrected chi connectivity index (χ4v) is 6.10. The van der Waals surface area contributed by atoms with Gasteiger partial charge in [-0.05, 0) is 25.0 Å². The summed E-state index contributed by atoms with van der Waals surface area (Å²) < 4.78 is 0. The molecular weight excluding hydrogens is 247 g/mol. The molecule has 104 valence electrons. The minimum atomic E-state index is -0.952. The van der Waals surface area contributed by atoms with Crippen LogP contribution in [-0.2, 0) is 0 Å². The molecule has 0 amide bonds. The highest BCUT2D eigenvalue weighted by molar-refractivity contribution is 7.85. The van der Waals surface area contributed by atoms with Crippen molar-refractivity contribution < 1.29 is 0 Å². The third-order valence-corrected chi connectivity index (χ3v) is 7.86. The predicted molar refractivity (Wildman–Crippen MR) is 90.8 cm³/mol. The molecule has 1 aromatic rings. The van der Waals surface area contributed by atoms with Crippen molar-refractivity contribution in [3.63, 3.8) is 0 Å². The van der Waals surface area contributed by atoms with Gasteiger partial charge in [0.25, 0.3) is 0 Å². The molecule has 0 saturated carbocycles. The van der Waals surface area contributed by atoms with Crippen LogP contribution in [0.5, 0.6) is 0 Å². The SMILES string of the molecule is CCCCCCCCC[P+]1(C)C=Cc2ccccc21. The van der Waals surface area contributed by atoms with Crippen LogP contribution < -0.4 is 5.30 Å². The van der Waals surface area contributed by atoms with E-state index in [1.165, 1.54) is 56.7 Å². The van der Waals surface area contributed by atoms with Gasteiger partial charge in [0, 0.05) is 5.56 Å². The van der Waals surface area contributed by atoms with E-state index >= 15 is 0 Å². The largest absolute Gasteiger partial charge is 0.105 e. The molecule has 0 radical (unpaired) electrons. The van der Waals surface area contributed by atoms with Crippen molar-refractivity contribution in [1.82, 2.24) is 0 Å². The summed E-state index contributed by atoms with van der Waals surface area (Å²) >= 11 is 0. The summed E-state index contributed by atoms with van der Waals surface area (Å²) in [6, 6.07) is 8.98. The number of benzene rings is 1. The van der Waals surface area contributed by atoms with Gasteiger partial charge in [0.2, 0.25) is 0 Å². The van der Waals surface area contributed by atoms with Crippen LogP contribution in [0.1, 0.15) is 57.4 Å². The first-order chi connectivity index (χ1) is 9.26. The highest BCUT2D eigenvalue weighted by Crippen LogP contribution is 2.60. The van der Waals surface area contributed by atoms with Crippen LogP contribution in [0.3, 0.4) is 0 Å². The lowest BCUT2D eigenvalue weighted by Crippen LogP contribution is -2.10. The Hall–Kier alpha value is -0.610. The highest BCUT2D eigenvalue weighted by Gasteiger charge is 2.36. The van der Waals surface area contributed by atoms with Crippen LogP contribution in [-0.4, -0.2) is 12.8 Å². The van der Waals surface area contributed by atoms with Crippen LogP contribution >= 0.6 is 7.26 Å². The van der Waals surface area contributed by atoms with Gasteiger partial charge in [-0.25, -0.2) is 0 Å². The molecule has 1 atom stereocenters. The fraction of sp³-hybridized carbons (Fsp3) is 0.556. The number of hydrogen-bond donors (Lipinski definition) is 0. The van der Waals surface area contributed by atoms with Gasteiger partial charge in [0.05, 0.1) is 25.9 Å². The Kier molecular flexibility index (Phi) is 5.64. The Morgan fingerprint density at radius 3 is 2.37 bits per heavy atom. The molecule has 0 fully saturated rings. The maximum Gasteiger partial charge on any atom is 0.105 e. The Balaban J connectivity index is 1.73. The van der Waals surface area contributed by atoms with Crippen molar-refractivity contribution in [2.24, 2.45) is 0 Å².